The molecule has 1 N–H and O–H groups in total. The Balaban J connectivity index is 1.55. The number of urea groups is 1. The van der Waals surface area contributed by atoms with Gasteiger partial charge in [-0.3, -0.25) is 4.98 Å². The molecule has 1 aromatic carbocycles. The van der Waals surface area contributed by atoms with Crippen molar-refractivity contribution in [2.45, 2.75) is 38.3 Å². The van der Waals surface area contributed by atoms with Crippen molar-refractivity contribution in [1.29, 1.82) is 5.26 Å². The number of pyridine rings is 1. The van der Waals surface area contributed by atoms with E-state index in [1.165, 1.54) is 12.3 Å². The molecule has 2 fully saturated rings. The molecule has 0 radical (unpaired) electrons. The van der Waals surface area contributed by atoms with Crippen LogP contribution in [0.1, 0.15) is 24.8 Å². The van der Waals surface area contributed by atoms with Crippen molar-refractivity contribution in [2.24, 2.45) is 5.92 Å². The largest absolute Gasteiger partial charge is 0.322 e. The Hall–Kier alpha value is -2.94. The van der Waals surface area contributed by atoms with E-state index in [-0.39, 0.29) is 24.0 Å². The highest BCUT2D eigenvalue weighted by atomic mass is 19.1. The molecule has 0 unspecified atom stereocenters. The van der Waals surface area contributed by atoms with Crippen LogP contribution in [0, 0.1) is 30.0 Å². The Labute approximate surface area is 151 Å². The van der Waals surface area contributed by atoms with Crippen molar-refractivity contribution < 1.29 is 9.18 Å². The monoisotopic (exact) mass is 350 g/mol. The normalized spacial score (nSPS) is 23.7. The van der Waals surface area contributed by atoms with Gasteiger partial charge in [-0.25, -0.2) is 9.18 Å². The number of hydrogen-bond donors (Lipinski definition) is 1. The molecule has 4 rings (SSSR count). The van der Waals surface area contributed by atoms with E-state index in [1.54, 1.807) is 11.1 Å². The lowest BCUT2D eigenvalue weighted by Gasteiger charge is -2.54. The molecule has 6 heteroatoms. The number of nitrogens with one attached hydrogen (secondary N) is 1. The molecule has 0 spiro atoms. The van der Waals surface area contributed by atoms with Gasteiger partial charge in [-0.1, -0.05) is 6.07 Å². The van der Waals surface area contributed by atoms with Gasteiger partial charge < -0.3 is 10.2 Å². The summed E-state index contributed by atoms with van der Waals surface area (Å²) in [7, 11) is 0. The molecular weight excluding hydrogens is 331 g/mol. The number of benzene rings is 1. The van der Waals surface area contributed by atoms with Crippen LogP contribution in [-0.2, 0) is 0 Å². The summed E-state index contributed by atoms with van der Waals surface area (Å²) in [5.41, 5.74) is 3.12. The standard InChI is InChI=1S/C20H19FN4O/c1-12-2-4-16(7-18(12)14-6-15(21)11-23-10-14)24-20(26)25-17-5-3-13(9-22)19(25)8-17/h2,4,6-7,10-11,13,17,19H,3,5,8H2,1H3,(H,24,26)/t13-,17-,19-/m0/s1. The lowest BCUT2D eigenvalue weighted by atomic mass is 9.73. The van der Waals surface area contributed by atoms with Crippen LogP contribution >= 0.6 is 0 Å². The number of amides is 2. The zero-order chi connectivity index (χ0) is 18.3. The average molecular weight is 350 g/mol. The SMILES string of the molecule is Cc1ccc(NC(=O)N2[C@H]3CC[C@@H](C#N)[C@@H]2C3)cc1-c1cncc(F)c1. The van der Waals surface area contributed by atoms with Crippen molar-refractivity contribution in [2.75, 3.05) is 5.32 Å². The second kappa shape index (κ2) is 6.41. The highest BCUT2D eigenvalue weighted by Crippen LogP contribution is 2.42. The number of carbonyl (C=O) groups excluding carboxylic acids is 1. The maximum Gasteiger partial charge on any atom is 0.322 e. The van der Waals surface area contributed by atoms with Crippen LogP contribution in [0.3, 0.4) is 0 Å². The van der Waals surface area contributed by atoms with Crippen LogP contribution < -0.4 is 5.32 Å². The van der Waals surface area contributed by atoms with Gasteiger partial charge in [0.05, 0.1) is 24.2 Å². The van der Waals surface area contributed by atoms with Gasteiger partial charge in [-0.05, 0) is 55.5 Å². The molecule has 2 aliphatic heterocycles. The second-order valence-corrected chi connectivity index (χ2v) is 7.03. The highest BCUT2D eigenvalue weighted by Gasteiger charge is 2.49. The number of nitrogens with zero attached hydrogens (tertiary/aromatic N) is 3. The minimum atomic E-state index is -0.396. The molecule has 0 aliphatic carbocycles. The highest BCUT2D eigenvalue weighted by molar-refractivity contribution is 5.91. The first-order chi connectivity index (χ1) is 12.6. The fourth-order valence-electron chi connectivity index (χ4n) is 4.04. The van der Waals surface area contributed by atoms with Crippen LogP contribution in [0.25, 0.3) is 11.1 Å². The molecule has 2 aromatic rings. The molecule has 2 aliphatic rings. The third-order valence-electron chi connectivity index (χ3n) is 5.44. The summed E-state index contributed by atoms with van der Waals surface area (Å²) in [5.74, 6) is -0.468. The van der Waals surface area contributed by atoms with Crippen molar-refractivity contribution in [3.05, 3.63) is 48.0 Å². The van der Waals surface area contributed by atoms with Crippen molar-refractivity contribution >= 4 is 11.7 Å². The van der Waals surface area contributed by atoms with Crippen LogP contribution in [0.4, 0.5) is 14.9 Å². The smallest absolute Gasteiger partial charge is 0.317 e. The van der Waals surface area contributed by atoms with Gasteiger partial charge in [0.1, 0.15) is 5.82 Å². The van der Waals surface area contributed by atoms with Crippen molar-refractivity contribution in [3.63, 3.8) is 0 Å². The number of aryl methyl sites for hydroxylation is 1. The number of carbonyl (C=O) groups is 1. The number of piperidine rings is 1. The summed E-state index contributed by atoms with van der Waals surface area (Å²) < 4.78 is 13.5. The lowest BCUT2D eigenvalue weighted by molar-refractivity contribution is -0.00638. The van der Waals surface area contributed by atoms with E-state index < -0.39 is 5.82 Å². The maximum atomic E-state index is 13.5. The van der Waals surface area contributed by atoms with Gasteiger partial charge in [0, 0.05) is 23.5 Å². The van der Waals surface area contributed by atoms with Gasteiger partial charge in [0.25, 0.3) is 0 Å². The van der Waals surface area contributed by atoms with Crippen LogP contribution in [0.5, 0.6) is 0 Å². The molecule has 26 heavy (non-hydrogen) atoms. The quantitative estimate of drug-likeness (QED) is 0.886. The third kappa shape index (κ3) is 2.80. The van der Waals surface area contributed by atoms with E-state index >= 15 is 0 Å². The summed E-state index contributed by atoms with van der Waals surface area (Å²) in [4.78, 5) is 18.4. The summed E-state index contributed by atoms with van der Waals surface area (Å²) in [6.07, 6.45) is 5.44. The number of hydrogen-bond acceptors (Lipinski definition) is 3. The molecule has 3 atom stereocenters. The summed E-state index contributed by atoms with van der Waals surface area (Å²) in [6.45, 7) is 1.93. The predicted molar refractivity (Wildman–Crippen MR) is 95.8 cm³/mol. The van der Waals surface area contributed by atoms with Gasteiger partial charge in [0.2, 0.25) is 0 Å². The maximum absolute atomic E-state index is 13.5. The van der Waals surface area contributed by atoms with Crippen LogP contribution in [0.2, 0.25) is 0 Å². The minimum absolute atomic E-state index is 0.0242. The second-order valence-electron chi connectivity index (χ2n) is 7.03. The van der Waals surface area contributed by atoms with Crippen molar-refractivity contribution in [1.82, 2.24) is 9.88 Å². The Morgan fingerprint density at radius 2 is 2.19 bits per heavy atom. The first kappa shape index (κ1) is 16.5. The topological polar surface area (TPSA) is 69.0 Å². The number of anilines is 1. The summed E-state index contributed by atoms with van der Waals surface area (Å²) in [6, 6.07) is 9.40. The molecule has 2 bridgehead atoms. The first-order valence-corrected chi connectivity index (χ1v) is 8.77. The summed E-state index contributed by atoms with van der Waals surface area (Å²) >= 11 is 0. The number of rotatable bonds is 2. The molecule has 3 heterocycles. The van der Waals surface area contributed by atoms with Gasteiger partial charge in [0.15, 0.2) is 0 Å². The fraction of sp³-hybridized carbons (Fsp3) is 0.350. The van der Waals surface area contributed by atoms with E-state index in [0.717, 1.165) is 30.4 Å². The summed E-state index contributed by atoms with van der Waals surface area (Å²) in [5, 5.41) is 12.2. The number of halogens is 1. The zero-order valence-corrected chi connectivity index (χ0v) is 14.4. The molecule has 1 aromatic heterocycles. The Morgan fingerprint density at radius 3 is 2.92 bits per heavy atom. The Kier molecular flexibility index (Phi) is 4.08. The van der Waals surface area contributed by atoms with E-state index in [0.29, 0.717) is 11.3 Å². The average Bonchev–Trinajstić information content (AvgIpc) is 2.63. The van der Waals surface area contributed by atoms with Gasteiger partial charge in [-0.15, -0.1) is 0 Å². The van der Waals surface area contributed by atoms with Gasteiger partial charge >= 0.3 is 6.03 Å². The van der Waals surface area contributed by atoms with E-state index in [2.05, 4.69) is 16.4 Å². The van der Waals surface area contributed by atoms with Gasteiger partial charge in [-0.2, -0.15) is 5.26 Å². The minimum Gasteiger partial charge on any atom is -0.317 e. The molecule has 2 amide bonds. The number of nitriles is 1. The molecule has 2 saturated heterocycles. The zero-order valence-electron chi connectivity index (χ0n) is 14.4. The van der Waals surface area contributed by atoms with Crippen LogP contribution in [0.15, 0.2) is 36.7 Å². The predicted octanol–water partition coefficient (Wildman–Crippen LogP) is 4.10. The van der Waals surface area contributed by atoms with E-state index in [1.807, 2.05) is 25.1 Å². The number of fused-ring (bicyclic) bond motifs is 2. The van der Waals surface area contributed by atoms with E-state index in [4.69, 9.17) is 0 Å². The molecule has 132 valence electrons. The first-order valence-electron chi connectivity index (χ1n) is 8.77. The lowest BCUT2D eigenvalue weighted by Crippen LogP contribution is -2.65. The fourth-order valence-corrected chi connectivity index (χ4v) is 4.04. The third-order valence-corrected chi connectivity index (χ3v) is 5.44. The molecular formula is C20H19FN4O. The van der Waals surface area contributed by atoms with Crippen LogP contribution in [-0.4, -0.2) is 28.0 Å². The Bertz CT molecular complexity index is 905. The molecule has 5 nitrogen and oxygen atoms in total. The Morgan fingerprint density at radius 1 is 1.35 bits per heavy atom. The molecule has 0 saturated carbocycles. The number of aromatic nitrogens is 1. The van der Waals surface area contributed by atoms with E-state index in [9.17, 15) is 14.4 Å². The van der Waals surface area contributed by atoms with Crippen molar-refractivity contribution in [3.8, 4) is 17.2 Å².